The van der Waals surface area contributed by atoms with Crippen molar-refractivity contribution in [1.82, 2.24) is 0 Å². The minimum absolute atomic E-state index is 0.0731. The second-order valence-corrected chi connectivity index (χ2v) is 8.61. The second-order valence-electron chi connectivity index (χ2n) is 6.77. The fourth-order valence-electron chi connectivity index (χ4n) is 3.03. The number of benzene rings is 3. The Morgan fingerprint density at radius 2 is 1.45 bits per heavy atom. The predicted molar refractivity (Wildman–Crippen MR) is 118 cm³/mol. The van der Waals surface area contributed by atoms with E-state index in [9.17, 15) is 13.2 Å². The van der Waals surface area contributed by atoms with Crippen LogP contribution in [0.15, 0.2) is 78.9 Å². The van der Waals surface area contributed by atoms with Crippen molar-refractivity contribution in [3.05, 3.63) is 95.6 Å². The van der Waals surface area contributed by atoms with E-state index in [-0.39, 0.29) is 11.7 Å². The molecular weight excluding hydrogens is 384 g/mol. The Bertz CT molecular complexity index is 1060. The molecule has 0 aliphatic heterocycles. The summed E-state index contributed by atoms with van der Waals surface area (Å²) >= 11 is 0. The summed E-state index contributed by atoms with van der Waals surface area (Å²) in [5, 5.41) is 2.88. The molecule has 0 atom stereocenters. The van der Waals surface area contributed by atoms with Crippen LogP contribution < -0.4 is 10.0 Å². The molecule has 3 aromatic rings. The Balaban J connectivity index is 1.71. The van der Waals surface area contributed by atoms with Crippen LogP contribution in [0.3, 0.4) is 0 Å². The van der Waals surface area contributed by atoms with Crippen LogP contribution >= 0.6 is 0 Å². The van der Waals surface area contributed by atoms with E-state index in [4.69, 9.17) is 0 Å². The fourth-order valence-corrected chi connectivity index (χ4v) is 4.17. The summed E-state index contributed by atoms with van der Waals surface area (Å²) < 4.78 is 26.2. The monoisotopic (exact) mass is 408 g/mol. The third-order valence-electron chi connectivity index (χ3n) is 4.39. The average Bonchev–Trinajstić information content (AvgIpc) is 2.70. The number of carbonyl (C=O) groups is 1. The number of anilines is 2. The van der Waals surface area contributed by atoms with E-state index in [1.165, 1.54) is 0 Å². The molecule has 6 heteroatoms. The standard InChI is InChI=1S/C23H24N2O3S/c1-2-16-29(27,28)25-21-14-12-20(13-15-21)24-23(26)22-11-7-6-10-19(22)17-18-8-4-3-5-9-18/h3-15,25H,2,16-17H2,1H3,(H,24,26). The number of rotatable bonds is 8. The number of hydrogen-bond acceptors (Lipinski definition) is 3. The second kappa shape index (κ2) is 9.39. The maximum atomic E-state index is 12.8. The molecule has 0 saturated heterocycles. The Labute approximate surface area is 171 Å². The molecule has 2 N–H and O–H groups in total. The van der Waals surface area contributed by atoms with Gasteiger partial charge in [-0.2, -0.15) is 0 Å². The maximum Gasteiger partial charge on any atom is 0.255 e. The summed E-state index contributed by atoms with van der Waals surface area (Å²) in [7, 11) is -3.34. The van der Waals surface area contributed by atoms with Gasteiger partial charge >= 0.3 is 0 Å². The molecule has 0 fully saturated rings. The van der Waals surface area contributed by atoms with Gasteiger partial charge in [0.1, 0.15) is 0 Å². The zero-order valence-corrected chi connectivity index (χ0v) is 17.1. The van der Waals surface area contributed by atoms with E-state index in [1.807, 2.05) is 55.5 Å². The van der Waals surface area contributed by atoms with E-state index in [1.54, 1.807) is 30.3 Å². The predicted octanol–water partition coefficient (Wildman–Crippen LogP) is 4.68. The molecule has 150 valence electrons. The number of hydrogen-bond donors (Lipinski definition) is 2. The molecule has 0 aliphatic rings. The van der Waals surface area contributed by atoms with Gasteiger partial charge < -0.3 is 5.32 Å². The van der Waals surface area contributed by atoms with Crippen LogP contribution in [0, 0.1) is 0 Å². The number of sulfonamides is 1. The largest absolute Gasteiger partial charge is 0.322 e. The van der Waals surface area contributed by atoms with E-state index in [2.05, 4.69) is 10.0 Å². The van der Waals surface area contributed by atoms with Crippen LogP contribution in [0.25, 0.3) is 0 Å². The molecule has 3 aromatic carbocycles. The van der Waals surface area contributed by atoms with Crippen molar-refractivity contribution in [3.63, 3.8) is 0 Å². The lowest BCUT2D eigenvalue weighted by Crippen LogP contribution is -2.16. The molecule has 0 unspecified atom stereocenters. The van der Waals surface area contributed by atoms with Gasteiger partial charge in [-0.3, -0.25) is 9.52 Å². The Morgan fingerprint density at radius 3 is 2.14 bits per heavy atom. The highest BCUT2D eigenvalue weighted by Crippen LogP contribution is 2.19. The van der Waals surface area contributed by atoms with Gasteiger partial charge in [-0.25, -0.2) is 8.42 Å². The molecule has 0 heterocycles. The molecule has 3 rings (SSSR count). The molecule has 0 aromatic heterocycles. The average molecular weight is 409 g/mol. The van der Waals surface area contributed by atoms with Crippen molar-refractivity contribution in [2.24, 2.45) is 0 Å². The lowest BCUT2D eigenvalue weighted by Gasteiger charge is -2.11. The van der Waals surface area contributed by atoms with Crippen molar-refractivity contribution in [2.75, 3.05) is 15.8 Å². The third kappa shape index (κ3) is 5.93. The minimum Gasteiger partial charge on any atom is -0.322 e. The van der Waals surface area contributed by atoms with Gasteiger partial charge in [0.15, 0.2) is 0 Å². The van der Waals surface area contributed by atoms with Crippen molar-refractivity contribution in [1.29, 1.82) is 0 Å². The summed E-state index contributed by atoms with van der Waals surface area (Å²) in [4.78, 5) is 12.8. The van der Waals surface area contributed by atoms with E-state index in [0.29, 0.717) is 29.8 Å². The van der Waals surface area contributed by atoms with Crippen molar-refractivity contribution >= 4 is 27.3 Å². The van der Waals surface area contributed by atoms with E-state index in [0.717, 1.165) is 11.1 Å². The first-order chi connectivity index (χ1) is 14.0. The summed E-state index contributed by atoms with van der Waals surface area (Å²) in [5.74, 6) is -0.125. The van der Waals surface area contributed by atoms with Crippen LogP contribution in [0.2, 0.25) is 0 Å². The molecule has 0 spiro atoms. The number of carbonyl (C=O) groups excluding carboxylic acids is 1. The minimum atomic E-state index is -3.34. The molecule has 0 saturated carbocycles. The molecule has 29 heavy (non-hydrogen) atoms. The van der Waals surface area contributed by atoms with Crippen LogP contribution in [-0.2, 0) is 16.4 Å². The topological polar surface area (TPSA) is 75.3 Å². The summed E-state index contributed by atoms with van der Waals surface area (Å²) in [6.45, 7) is 1.81. The van der Waals surface area contributed by atoms with Gasteiger partial charge in [-0.15, -0.1) is 0 Å². The molecule has 0 bridgehead atoms. The fraction of sp³-hybridized carbons (Fsp3) is 0.174. The normalized spacial score (nSPS) is 11.1. The van der Waals surface area contributed by atoms with Gasteiger partial charge in [-0.1, -0.05) is 55.5 Å². The molecule has 1 amide bonds. The smallest absolute Gasteiger partial charge is 0.255 e. The maximum absolute atomic E-state index is 12.8. The SMILES string of the molecule is CCCS(=O)(=O)Nc1ccc(NC(=O)c2ccccc2Cc2ccccc2)cc1. The lowest BCUT2D eigenvalue weighted by molar-refractivity contribution is 0.102. The summed E-state index contributed by atoms with van der Waals surface area (Å²) in [6, 6.07) is 24.2. The Morgan fingerprint density at radius 1 is 0.828 bits per heavy atom. The van der Waals surface area contributed by atoms with Crippen molar-refractivity contribution < 1.29 is 13.2 Å². The highest BCUT2D eigenvalue weighted by atomic mass is 32.2. The first kappa shape index (κ1) is 20.6. The van der Waals surface area contributed by atoms with Crippen LogP contribution in [0.1, 0.15) is 34.8 Å². The van der Waals surface area contributed by atoms with Crippen molar-refractivity contribution in [2.45, 2.75) is 19.8 Å². The molecule has 5 nitrogen and oxygen atoms in total. The first-order valence-corrected chi connectivity index (χ1v) is 11.2. The molecule has 0 aliphatic carbocycles. The van der Waals surface area contributed by atoms with Crippen LogP contribution in [0.5, 0.6) is 0 Å². The van der Waals surface area contributed by atoms with E-state index < -0.39 is 10.0 Å². The Hall–Kier alpha value is -3.12. The van der Waals surface area contributed by atoms with Crippen molar-refractivity contribution in [3.8, 4) is 0 Å². The number of amides is 1. The number of nitrogens with one attached hydrogen (secondary N) is 2. The quantitative estimate of drug-likeness (QED) is 0.568. The molecular formula is C23H24N2O3S. The third-order valence-corrected chi connectivity index (χ3v) is 5.88. The van der Waals surface area contributed by atoms with Gasteiger partial charge in [0, 0.05) is 16.9 Å². The first-order valence-electron chi connectivity index (χ1n) is 9.50. The highest BCUT2D eigenvalue weighted by molar-refractivity contribution is 7.92. The van der Waals surface area contributed by atoms with Gasteiger partial charge in [0.25, 0.3) is 5.91 Å². The zero-order valence-electron chi connectivity index (χ0n) is 16.3. The highest BCUT2D eigenvalue weighted by Gasteiger charge is 2.12. The van der Waals surface area contributed by atoms with E-state index >= 15 is 0 Å². The Kier molecular flexibility index (Phi) is 6.67. The molecule has 0 radical (unpaired) electrons. The van der Waals surface area contributed by atoms with Gasteiger partial charge in [-0.05, 0) is 54.3 Å². The van der Waals surface area contributed by atoms with Crippen LogP contribution in [-0.4, -0.2) is 20.1 Å². The summed E-state index contributed by atoms with van der Waals surface area (Å²) in [5.41, 5.74) is 3.77. The summed E-state index contributed by atoms with van der Waals surface area (Å²) in [6.07, 6.45) is 1.22. The van der Waals surface area contributed by atoms with Gasteiger partial charge in [0.2, 0.25) is 10.0 Å². The zero-order chi connectivity index (χ0) is 20.7. The van der Waals surface area contributed by atoms with Crippen LogP contribution in [0.4, 0.5) is 11.4 Å². The van der Waals surface area contributed by atoms with Gasteiger partial charge in [0.05, 0.1) is 5.75 Å². The lowest BCUT2D eigenvalue weighted by atomic mass is 9.99.